The van der Waals surface area contributed by atoms with Gasteiger partial charge < -0.3 is 4.57 Å². The summed E-state index contributed by atoms with van der Waals surface area (Å²) < 4.78 is 27.8. The zero-order valence-corrected chi connectivity index (χ0v) is 15.8. The van der Waals surface area contributed by atoms with Crippen LogP contribution in [0.1, 0.15) is 5.56 Å². The molecule has 2 aromatic carbocycles. The Balaban J connectivity index is 1.95. The van der Waals surface area contributed by atoms with Crippen LogP contribution in [0.15, 0.2) is 67.0 Å². The Morgan fingerprint density at radius 1 is 0.960 bits per heavy atom. The Bertz CT molecular complexity index is 969. The summed E-state index contributed by atoms with van der Waals surface area (Å²) in [7, 11) is -3.49. The highest BCUT2D eigenvalue weighted by Gasteiger charge is 2.19. The van der Waals surface area contributed by atoms with Gasteiger partial charge in [-0.1, -0.05) is 35.3 Å². The van der Waals surface area contributed by atoms with E-state index >= 15 is 0 Å². The maximum absolute atomic E-state index is 12.3. The minimum Gasteiger partial charge on any atom is -0.324 e. The van der Waals surface area contributed by atoms with Gasteiger partial charge in [-0.15, -0.1) is 0 Å². The minimum absolute atomic E-state index is 0.112. The molecular formula is C18H16Cl2N2O2S. The number of hydrogen-bond donors (Lipinski definition) is 0. The van der Waals surface area contributed by atoms with E-state index in [2.05, 4.69) is 0 Å². The molecule has 0 saturated heterocycles. The first-order valence-electron chi connectivity index (χ1n) is 7.50. The molecule has 3 rings (SSSR count). The zero-order chi connectivity index (χ0) is 18.0. The van der Waals surface area contributed by atoms with E-state index in [9.17, 15) is 8.42 Å². The second-order valence-electron chi connectivity index (χ2n) is 5.59. The summed E-state index contributed by atoms with van der Waals surface area (Å²) in [5.74, 6) is 0. The molecule has 130 valence electrons. The first-order chi connectivity index (χ1) is 11.9. The summed E-state index contributed by atoms with van der Waals surface area (Å²) in [6, 6.07) is 16.3. The van der Waals surface area contributed by atoms with Gasteiger partial charge in [-0.2, -0.15) is 0 Å². The molecule has 0 radical (unpaired) electrons. The van der Waals surface area contributed by atoms with E-state index in [0.29, 0.717) is 21.3 Å². The van der Waals surface area contributed by atoms with Crippen LogP contribution in [-0.2, 0) is 16.6 Å². The van der Waals surface area contributed by atoms with E-state index in [-0.39, 0.29) is 6.54 Å². The van der Waals surface area contributed by atoms with Crippen molar-refractivity contribution in [3.8, 4) is 5.69 Å². The molecule has 0 N–H and O–H groups in total. The average molecular weight is 395 g/mol. The van der Waals surface area contributed by atoms with Crippen molar-refractivity contribution in [3.05, 3.63) is 82.6 Å². The van der Waals surface area contributed by atoms with Gasteiger partial charge in [-0.3, -0.25) is 4.31 Å². The fourth-order valence-electron chi connectivity index (χ4n) is 2.52. The van der Waals surface area contributed by atoms with Crippen molar-refractivity contribution in [2.75, 3.05) is 10.6 Å². The molecule has 0 aliphatic heterocycles. The molecule has 0 fully saturated rings. The molecule has 0 unspecified atom stereocenters. The molecule has 0 saturated carbocycles. The molecule has 0 amide bonds. The smallest absolute Gasteiger partial charge is 0.232 e. The lowest BCUT2D eigenvalue weighted by molar-refractivity contribution is 0.596. The maximum Gasteiger partial charge on any atom is 0.232 e. The lowest BCUT2D eigenvalue weighted by Gasteiger charge is -2.23. The molecule has 1 heterocycles. The average Bonchev–Trinajstić information content (AvgIpc) is 3.10. The third-order valence-corrected chi connectivity index (χ3v) is 5.78. The van der Waals surface area contributed by atoms with Crippen LogP contribution in [0.3, 0.4) is 0 Å². The van der Waals surface area contributed by atoms with Gasteiger partial charge in [0.05, 0.1) is 28.5 Å². The molecule has 0 aliphatic carbocycles. The number of aromatic nitrogens is 1. The quantitative estimate of drug-likeness (QED) is 0.626. The summed E-state index contributed by atoms with van der Waals surface area (Å²) in [6.45, 7) is 0.112. The van der Waals surface area contributed by atoms with Gasteiger partial charge in [-0.05, 0) is 48.0 Å². The first-order valence-corrected chi connectivity index (χ1v) is 10.1. The van der Waals surface area contributed by atoms with E-state index in [0.717, 1.165) is 5.69 Å². The van der Waals surface area contributed by atoms with Gasteiger partial charge in [0.25, 0.3) is 0 Å². The van der Waals surface area contributed by atoms with E-state index < -0.39 is 10.0 Å². The van der Waals surface area contributed by atoms with Gasteiger partial charge in [0, 0.05) is 18.1 Å². The molecule has 1 aromatic heterocycles. The topological polar surface area (TPSA) is 42.3 Å². The zero-order valence-electron chi connectivity index (χ0n) is 13.4. The number of halogens is 2. The fraction of sp³-hybridized carbons (Fsp3) is 0.111. The Labute approximate surface area is 157 Å². The van der Waals surface area contributed by atoms with Crippen LogP contribution in [0.2, 0.25) is 10.0 Å². The minimum atomic E-state index is -3.49. The number of benzene rings is 2. The molecule has 0 spiro atoms. The lowest BCUT2D eigenvalue weighted by Crippen LogP contribution is -2.29. The molecule has 25 heavy (non-hydrogen) atoms. The molecule has 0 bridgehead atoms. The SMILES string of the molecule is CS(=O)(=O)N(Cc1cccc(Cl)c1Cl)c1ccc(-n2cccc2)cc1. The third kappa shape index (κ3) is 4.00. The van der Waals surface area contributed by atoms with Crippen LogP contribution < -0.4 is 4.31 Å². The fourth-order valence-corrected chi connectivity index (χ4v) is 3.78. The van der Waals surface area contributed by atoms with Crippen LogP contribution >= 0.6 is 23.2 Å². The molecule has 3 aromatic rings. The van der Waals surface area contributed by atoms with Crippen LogP contribution in [0.4, 0.5) is 5.69 Å². The van der Waals surface area contributed by atoms with Crippen LogP contribution in [0.25, 0.3) is 5.69 Å². The summed E-state index contributed by atoms with van der Waals surface area (Å²) >= 11 is 12.2. The van der Waals surface area contributed by atoms with Crippen LogP contribution in [-0.4, -0.2) is 19.2 Å². The monoisotopic (exact) mass is 394 g/mol. The van der Waals surface area contributed by atoms with Gasteiger partial charge in [0.15, 0.2) is 0 Å². The van der Waals surface area contributed by atoms with Crippen molar-refractivity contribution < 1.29 is 8.42 Å². The van der Waals surface area contributed by atoms with Gasteiger partial charge in [-0.25, -0.2) is 8.42 Å². The van der Waals surface area contributed by atoms with Crippen molar-refractivity contribution in [3.63, 3.8) is 0 Å². The molecule has 4 nitrogen and oxygen atoms in total. The number of nitrogens with zero attached hydrogens (tertiary/aromatic N) is 2. The summed E-state index contributed by atoms with van der Waals surface area (Å²) in [6.07, 6.45) is 5.02. The van der Waals surface area contributed by atoms with E-state index in [1.807, 2.05) is 41.2 Å². The lowest BCUT2D eigenvalue weighted by atomic mass is 10.2. The summed E-state index contributed by atoms with van der Waals surface area (Å²) in [4.78, 5) is 0. The highest BCUT2D eigenvalue weighted by Crippen LogP contribution is 2.29. The van der Waals surface area contributed by atoms with Crippen LogP contribution in [0.5, 0.6) is 0 Å². The Kier molecular flexibility index (Phi) is 5.08. The second kappa shape index (κ2) is 7.12. The summed E-state index contributed by atoms with van der Waals surface area (Å²) in [5, 5.41) is 0.761. The molecule has 0 atom stereocenters. The van der Waals surface area contributed by atoms with Crippen molar-refractivity contribution in [1.82, 2.24) is 4.57 Å². The van der Waals surface area contributed by atoms with Gasteiger partial charge in [0.2, 0.25) is 10.0 Å². The van der Waals surface area contributed by atoms with E-state index in [1.54, 1.807) is 30.3 Å². The normalized spacial score (nSPS) is 11.5. The van der Waals surface area contributed by atoms with E-state index in [1.165, 1.54) is 10.6 Å². The third-order valence-electron chi connectivity index (χ3n) is 3.79. The van der Waals surface area contributed by atoms with Crippen molar-refractivity contribution >= 4 is 38.9 Å². The number of rotatable bonds is 5. The van der Waals surface area contributed by atoms with E-state index in [4.69, 9.17) is 23.2 Å². The number of hydrogen-bond acceptors (Lipinski definition) is 2. The predicted molar refractivity (Wildman–Crippen MR) is 103 cm³/mol. The molecule has 7 heteroatoms. The van der Waals surface area contributed by atoms with Crippen molar-refractivity contribution in [2.24, 2.45) is 0 Å². The first kappa shape index (κ1) is 17.9. The van der Waals surface area contributed by atoms with Gasteiger partial charge >= 0.3 is 0 Å². The Morgan fingerprint density at radius 2 is 1.60 bits per heavy atom. The Hall–Kier alpha value is -1.95. The standard InChI is InChI=1S/C18H16Cl2N2O2S/c1-25(23,24)22(13-14-5-4-6-17(19)18(14)20)16-9-7-15(8-10-16)21-11-2-3-12-21/h2-12H,13H2,1H3. The molecular weight excluding hydrogens is 379 g/mol. The highest BCUT2D eigenvalue weighted by atomic mass is 35.5. The maximum atomic E-state index is 12.3. The van der Waals surface area contributed by atoms with Crippen LogP contribution in [0, 0.1) is 0 Å². The Morgan fingerprint density at radius 3 is 2.20 bits per heavy atom. The second-order valence-corrected chi connectivity index (χ2v) is 8.28. The summed E-state index contributed by atoms with van der Waals surface area (Å²) in [5.41, 5.74) is 2.16. The number of sulfonamides is 1. The largest absolute Gasteiger partial charge is 0.324 e. The van der Waals surface area contributed by atoms with Crippen molar-refractivity contribution in [2.45, 2.75) is 6.54 Å². The van der Waals surface area contributed by atoms with Gasteiger partial charge in [0.1, 0.15) is 0 Å². The number of anilines is 1. The highest BCUT2D eigenvalue weighted by molar-refractivity contribution is 7.92. The predicted octanol–water partition coefficient (Wildman–Crippen LogP) is 4.75. The molecule has 0 aliphatic rings. The van der Waals surface area contributed by atoms with Crippen molar-refractivity contribution in [1.29, 1.82) is 0 Å².